The fourth-order valence-corrected chi connectivity index (χ4v) is 2.04. The molecule has 0 fully saturated rings. The number of carbonyl (C=O) groups excluding carboxylic acids is 1. The number of alkyl halides is 1. The van der Waals surface area contributed by atoms with Crippen LogP contribution in [0, 0.1) is 0 Å². The third kappa shape index (κ3) is 6.02. The van der Waals surface area contributed by atoms with E-state index in [-0.39, 0.29) is 22.9 Å². The highest BCUT2D eigenvalue weighted by Crippen LogP contribution is 2.11. The van der Waals surface area contributed by atoms with Crippen molar-refractivity contribution in [2.75, 3.05) is 20.3 Å². The van der Waals surface area contributed by atoms with Crippen molar-refractivity contribution < 1.29 is 14.6 Å². The average Bonchev–Trinajstić information content (AvgIpc) is 2.29. The lowest BCUT2D eigenvalue weighted by molar-refractivity contribution is -0.120. The molecular weight excluding hydrogens is 298 g/mol. The highest BCUT2D eigenvalue weighted by atomic mass is 79.9. The van der Waals surface area contributed by atoms with Crippen molar-refractivity contribution in [3.63, 3.8) is 0 Å². The Labute approximate surface area is 115 Å². The van der Waals surface area contributed by atoms with Crippen LogP contribution in [0.15, 0.2) is 24.3 Å². The van der Waals surface area contributed by atoms with Gasteiger partial charge in [0.05, 0.1) is 13.0 Å². The summed E-state index contributed by atoms with van der Waals surface area (Å²) in [6.07, 6.45) is 1.10. The van der Waals surface area contributed by atoms with E-state index in [0.29, 0.717) is 13.2 Å². The van der Waals surface area contributed by atoms with Crippen molar-refractivity contribution >= 4 is 21.8 Å². The van der Waals surface area contributed by atoms with Gasteiger partial charge in [-0.25, -0.2) is 0 Å². The number of halogens is 1. The number of benzene rings is 1. The van der Waals surface area contributed by atoms with Crippen molar-refractivity contribution in [2.24, 2.45) is 0 Å². The SMILES string of the molecule is COCC(Br)CCNC(=O)Cc1cccc(O)c1. The predicted octanol–water partition coefficient (Wildman–Crippen LogP) is 1.85. The van der Waals surface area contributed by atoms with Crippen molar-refractivity contribution in [2.45, 2.75) is 17.7 Å². The number of methoxy groups -OCH3 is 1. The van der Waals surface area contributed by atoms with Gasteiger partial charge in [0.25, 0.3) is 0 Å². The van der Waals surface area contributed by atoms with Gasteiger partial charge < -0.3 is 15.2 Å². The Morgan fingerprint density at radius 3 is 3.00 bits per heavy atom. The van der Waals surface area contributed by atoms with Crippen LogP contribution < -0.4 is 5.32 Å². The highest BCUT2D eigenvalue weighted by Gasteiger charge is 2.06. The number of phenolic OH excluding ortho intramolecular Hbond substituents is 1. The van der Waals surface area contributed by atoms with E-state index in [1.807, 2.05) is 6.07 Å². The maximum atomic E-state index is 11.6. The summed E-state index contributed by atoms with van der Waals surface area (Å²) in [4.78, 5) is 11.9. The van der Waals surface area contributed by atoms with Gasteiger partial charge in [-0.3, -0.25) is 4.79 Å². The molecule has 0 saturated heterocycles. The Balaban J connectivity index is 2.25. The smallest absolute Gasteiger partial charge is 0.224 e. The molecule has 0 aliphatic rings. The molecule has 0 saturated carbocycles. The molecule has 5 heteroatoms. The van der Waals surface area contributed by atoms with Crippen molar-refractivity contribution in [3.05, 3.63) is 29.8 Å². The van der Waals surface area contributed by atoms with Crippen LogP contribution in [-0.4, -0.2) is 36.1 Å². The van der Waals surface area contributed by atoms with E-state index < -0.39 is 0 Å². The maximum absolute atomic E-state index is 11.6. The first-order valence-corrected chi connectivity index (χ1v) is 6.71. The van der Waals surface area contributed by atoms with Crippen LogP contribution >= 0.6 is 15.9 Å². The van der Waals surface area contributed by atoms with Gasteiger partial charge in [0.1, 0.15) is 5.75 Å². The molecule has 1 amide bonds. The molecule has 1 rings (SSSR count). The minimum absolute atomic E-state index is 0.0438. The molecule has 1 unspecified atom stereocenters. The topological polar surface area (TPSA) is 58.6 Å². The van der Waals surface area contributed by atoms with Crippen LogP contribution in [0.5, 0.6) is 5.75 Å². The van der Waals surface area contributed by atoms with Crippen LogP contribution in [0.3, 0.4) is 0 Å². The molecule has 0 aliphatic carbocycles. The number of ether oxygens (including phenoxy) is 1. The quantitative estimate of drug-likeness (QED) is 0.755. The minimum Gasteiger partial charge on any atom is -0.508 e. The zero-order valence-corrected chi connectivity index (χ0v) is 11.9. The molecule has 0 bridgehead atoms. The number of carbonyl (C=O) groups is 1. The number of amides is 1. The van der Waals surface area contributed by atoms with E-state index >= 15 is 0 Å². The standard InChI is InChI=1S/C13H18BrNO3/c1-18-9-11(14)5-6-15-13(17)8-10-3-2-4-12(16)7-10/h2-4,7,11,16H,5-6,8-9H2,1H3,(H,15,17). The summed E-state index contributed by atoms with van der Waals surface area (Å²) in [6.45, 7) is 1.24. The summed E-state index contributed by atoms with van der Waals surface area (Å²) >= 11 is 3.46. The first-order valence-electron chi connectivity index (χ1n) is 5.79. The van der Waals surface area contributed by atoms with E-state index in [4.69, 9.17) is 4.74 Å². The molecule has 18 heavy (non-hydrogen) atoms. The maximum Gasteiger partial charge on any atom is 0.224 e. The summed E-state index contributed by atoms with van der Waals surface area (Å²) < 4.78 is 4.98. The monoisotopic (exact) mass is 315 g/mol. The number of rotatable bonds is 7. The molecule has 1 atom stereocenters. The third-order valence-corrected chi connectivity index (χ3v) is 3.12. The number of hydrogen-bond acceptors (Lipinski definition) is 3. The third-order valence-electron chi connectivity index (χ3n) is 2.40. The predicted molar refractivity (Wildman–Crippen MR) is 74.0 cm³/mol. The summed E-state index contributed by atoms with van der Waals surface area (Å²) in [7, 11) is 1.65. The second-order valence-corrected chi connectivity index (χ2v) is 5.33. The number of phenols is 1. The highest BCUT2D eigenvalue weighted by molar-refractivity contribution is 9.09. The van der Waals surface area contributed by atoms with E-state index in [0.717, 1.165) is 12.0 Å². The second kappa shape index (κ2) is 8.11. The normalized spacial score (nSPS) is 12.1. The largest absolute Gasteiger partial charge is 0.508 e. The number of aromatic hydroxyl groups is 1. The first kappa shape index (κ1) is 15.0. The van der Waals surface area contributed by atoms with Crippen molar-refractivity contribution in [1.29, 1.82) is 0 Å². The molecular formula is C13H18BrNO3. The fourth-order valence-electron chi connectivity index (χ4n) is 1.55. The Hall–Kier alpha value is -1.07. The van der Waals surface area contributed by atoms with E-state index in [2.05, 4.69) is 21.2 Å². The van der Waals surface area contributed by atoms with Crippen LogP contribution in [0.1, 0.15) is 12.0 Å². The molecule has 2 N–H and O–H groups in total. The van der Waals surface area contributed by atoms with Crippen molar-refractivity contribution in [1.82, 2.24) is 5.32 Å². The van der Waals surface area contributed by atoms with Crippen LogP contribution in [-0.2, 0) is 16.0 Å². The summed E-state index contributed by atoms with van der Waals surface area (Å²) in [6, 6.07) is 6.72. The summed E-state index contributed by atoms with van der Waals surface area (Å²) in [5.74, 6) is 0.138. The number of nitrogens with one attached hydrogen (secondary N) is 1. The first-order chi connectivity index (χ1) is 8.61. The van der Waals surface area contributed by atoms with E-state index in [1.54, 1.807) is 25.3 Å². The van der Waals surface area contributed by atoms with Gasteiger partial charge in [-0.05, 0) is 24.1 Å². The fraction of sp³-hybridized carbons (Fsp3) is 0.462. The minimum atomic E-state index is -0.0438. The average molecular weight is 316 g/mol. The number of hydrogen-bond donors (Lipinski definition) is 2. The van der Waals surface area contributed by atoms with Crippen LogP contribution in [0.2, 0.25) is 0 Å². The lowest BCUT2D eigenvalue weighted by Crippen LogP contribution is -2.28. The zero-order chi connectivity index (χ0) is 13.4. The zero-order valence-electron chi connectivity index (χ0n) is 10.4. The molecule has 0 aromatic heterocycles. The molecule has 0 spiro atoms. The molecule has 4 nitrogen and oxygen atoms in total. The van der Waals surface area contributed by atoms with Crippen LogP contribution in [0.25, 0.3) is 0 Å². The molecule has 0 aliphatic heterocycles. The molecule has 0 heterocycles. The second-order valence-electron chi connectivity index (χ2n) is 4.04. The van der Waals surface area contributed by atoms with Gasteiger partial charge >= 0.3 is 0 Å². The summed E-state index contributed by atoms with van der Waals surface area (Å²) in [5, 5.41) is 12.1. The van der Waals surface area contributed by atoms with Crippen LogP contribution in [0.4, 0.5) is 0 Å². The van der Waals surface area contributed by atoms with Gasteiger partial charge in [-0.2, -0.15) is 0 Å². The molecule has 0 radical (unpaired) electrons. The molecule has 1 aromatic rings. The van der Waals surface area contributed by atoms with Gasteiger partial charge in [-0.1, -0.05) is 28.1 Å². The molecule has 100 valence electrons. The van der Waals surface area contributed by atoms with Gasteiger partial charge in [0, 0.05) is 18.5 Å². The molecule has 1 aromatic carbocycles. The van der Waals surface area contributed by atoms with Gasteiger partial charge in [-0.15, -0.1) is 0 Å². The lowest BCUT2D eigenvalue weighted by Gasteiger charge is -2.09. The van der Waals surface area contributed by atoms with Gasteiger partial charge in [0.15, 0.2) is 0 Å². The van der Waals surface area contributed by atoms with E-state index in [1.165, 1.54) is 0 Å². The van der Waals surface area contributed by atoms with Gasteiger partial charge in [0.2, 0.25) is 5.91 Å². The summed E-state index contributed by atoms with van der Waals surface area (Å²) in [5.41, 5.74) is 0.805. The van der Waals surface area contributed by atoms with Crippen molar-refractivity contribution in [3.8, 4) is 5.75 Å². The lowest BCUT2D eigenvalue weighted by atomic mass is 10.1. The Morgan fingerprint density at radius 2 is 2.33 bits per heavy atom. The van der Waals surface area contributed by atoms with E-state index in [9.17, 15) is 9.90 Å². The Kier molecular flexibility index (Phi) is 6.75. The Bertz CT molecular complexity index is 384. The Morgan fingerprint density at radius 1 is 1.56 bits per heavy atom.